The predicted octanol–water partition coefficient (Wildman–Crippen LogP) is 4.50. The highest BCUT2D eigenvalue weighted by Crippen LogP contribution is 2.28. The van der Waals surface area contributed by atoms with Gasteiger partial charge in [0.2, 0.25) is 0 Å². The van der Waals surface area contributed by atoms with Crippen LogP contribution in [0.5, 0.6) is 0 Å². The Morgan fingerprint density at radius 3 is 2.75 bits per heavy atom. The number of benzene rings is 1. The number of amides is 1. The van der Waals surface area contributed by atoms with Gasteiger partial charge in [-0.25, -0.2) is 4.39 Å². The van der Waals surface area contributed by atoms with Gasteiger partial charge in [0.05, 0.1) is 11.7 Å². The third-order valence-corrected chi connectivity index (χ3v) is 4.08. The molecule has 2 aromatic rings. The van der Waals surface area contributed by atoms with Gasteiger partial charge in [0, 0.05) is 18.0 Å². The molecule has 0 aliphatic rings. The predicted molar refractivity (Wildman–Crippen MR) is 94.9 cm³/mol. The minimum absolute atomic E-state index is 0.103. The van der Waals surface area contributed by atoms with Crippen molar-refractivity contribution in [2.45, 2.75) is 26.8 Å². The van der Waals surface area contributed by atoms with Crippen LogP contribution in [0, 0.1) is 12.7 Å². The summed E-state index contributed by atoms with van der Waals surface area (Å²) in [6, 6.07) is 4.34. The normalized spacial score (nSPS) is 13.5. The number of fused-ring (bicyclic) bond motifs is 1. The van der Waals surface area contributed by atoms with Crippen molar-refractivity contribution in [3.63, 3.8) is 0 Å². The fraction of sp³-hybridized carbons (Fsp3) is 0.263. The Labute approximate surface area is 141 Å². The number of rotatable bonds is 5. The minimum atomic E-state index is -0.480. The van der Waals surface area contributed by atoms with Gasteiger partial charge >= 0.3 is 0 Å². The van der Waals surface area contributed by atoms with Crippen molar-refractivity contribution >= 4 is 23.6 Å². The molecule has 0 aliphatic carbocycles. The number of furan rings is 1. The van der Waals surface area contributed by atoms with Crippen LogP contribution in [0.4, 0.5) is 4.39 Å². The maximum absolute atomic E-state index is 13.9. The van der Waals surface area contributed by atoms with E-state index in [1.807, 2.05) is 26.0 Å². The molecule has 0 spiro atoms. The fourth-order valence-electron chi connectivity index (χ4n) is 2.47. The zero-order chi connectivity index (χ0) is 17.9. The number of likely N-dealkylation sites (N-methyl/N-ethyl adjacent to an activating group) is 1. The van der Waals surface area contributed by atoms with E-state index in [9.17, 15) is 9.18 Å². The average molecular weight is 328 g/mol. The van der Waals surface area contributed by atoms with Crippen molar-refractivity contribution in [1.29, 1.82) is 0 Å². The van der Waals surface area contributed by atoms with Crippen LogP contribution in [-0.4, -0.2) is 30.6 Å². The van der Waals surface area contributed by atoms with Crippen LogP contribution in [0.2, 0.25) is 0 Å². The van der Waals surface area contributed by atoms with Crippen molar-refractivity contribution in [2.24, 2.45) is 4.99 Å². The molecule has 0 fully saturated rings. The number of hydrogen-bond donors (Lipinski definition) is 0. The lowest BCUT2D eigenvalue weighted by molar-refractivity contribution is 0.0732. The lowest BCUT2D eigenvalue weighted by Crippen LogP contribution is -2.36. The number of allylic oxidation sites excluding steroid dienone is 3. The highest BCUT2D eigenvalue weighted by molar-refractivity contribution is 5.99. The van der Waals surface area contributed by atoms with Crippen LogP contribution in [0.1, 0.15) is 30.0 Å². The summed E-state index contributed by atoms with van der Waals surface area (Å²) in [7, 11) is 1.66. The van der Waals surface area contributed by atoms with Gasteiger partial charge in [-0.3, -0.25) is 9.79 Å². The fourth-order valence-corrected chi connectivity index (χ4v) is 2.47. The molecule has 1 atom stereocenters. The maximum Gasteiger partial charge on any atom is 0.290 e. The summed E-state index contributed by atoms with van der Waals surface area (Å²) < 4.78 is 19.4. The lowest BCUT2D eigenvalue weighted by Gasteiger charge is -2.24. The monoisotopic (exact) mass is 328 g/mol. The Morgan fingerprint density at radius 1 is 1.46 bits per heavy atom. The quantitative estimate of drug-likeness (QED) is 0.599. The number of aryl methyl sites for hydroxylation is 1. The standard InChI is InChI=1S/C19H21FN2O2/c1-6-7-11-16(21-4)13(3)22(5)19(23)17-12(2)14-9-8-10-15(20)18(14)24-17/h6-11,13H,4H2,1-3,5H3. The Kier molecular flexibility index (Phi) is 5.34. The van der Waals surface area contributed by atoms with E-state index in [0.29, 0.717) is 16.6 Å². The second-order valence-corrected chi connectivity index (χ2v) is 5.54. The highest BCUT2D eigenvalue weighted by atomic mass is 19.1. The van der Waals surface area contributed by atoms with E-state index < -0.39 is 5.82 Å². The summed E-state index contributed by atoms with van der Waals surface area (Å²) in [5.41, 5.74) is 1.38. The molecule has 4 nitrogen and oxygen atoms in total. The van der Waals surface area contributed by atoms with Crippen LogP contribution in [-0.2, 0) is 0 Å². The van der Waals surface area contributed by atoms with E-state index in [-0.39, 0.29) is 23.3 Å². The summed E-state index contributed by atoms with van der Waals surface area (Å²) in [4.78, 5) is 18.3. The minimum Gasteiger partial charge on any atom is -0.448 e. The van der Waals surface area contributed by atoms with Crippen molar-refractivity contribution in [2.75, 3.05) is 7.05 Å². The summed E-state index contributed by atoms with van der Waals surface area (Å²) >= 11 is 0. The summed E-state index contributed by atoms with van der Waals surface area (Å²) in [5.74, 6) is -0.670. The molecular formula is C19H21FN2O2. The molecule has 1 amide bonds. The van der Waals surface area contributed by atoms with Crippen LogP contribution in [0.3, 0.4) is 0 Å². The number of carbonyl (C=O) groups excluding carboxylic acids is 1. The van der Waals surface area contributed by atoms with Crippen LogP contribution < -0.4 is 0 Å². The van der Waals surface area contributed by atoms with Gasteiger partial charge in [0.15, 0.2) is 17.2 Å². The van der Waals surface area contributed by atoms with E-state index in [4.69, 9.17) is 4.42 Å². The maximum atomic E-state index is 13.9. The Morgan fingerprint density at radius 2 is 2.17 bits per heavy atom. The molecule has 0 saturated carbocycles. The zero-order valence-electron chi connectivity index (χ0n) is 14.3. The van der Waals surface area contributed by atoms with Crippen molar-refractivity contribution in [3.05, 3.63) is 59.3 Å². The van der Waals surface area contributed by atoms with Crippen molar-refractivity contribution < 1.29 is 13.6 Å². The van der Waals surface area contributed by atoms with E-state index >= 15 is 0 Å². The first kappa shape index (κ1) is 17.7. The topological polar surface area (TPSA) is 45.8 Å². The number of nitrogens with zero attached hydrogens (tertiary/aromatic N) is 2. The number of para-hydroxylation sites is 1. The number of hydrogen-bond acceptors (Lipinski definition) is 3. The number of halogens is 1. The molecule has 0 bridgehead atoms. The molecule has 2 rings (SSSR count). The third kappa shape index (κ3) is 3.15. The highest BCUT2D eigenvalue weighted by Gasteiger charge is 2.26. The van der Waals surface area contributed by atoms with Crippen LogP contribution >= 0.6 is 0 Å². The lowest BCUT2D eigenvalue weighted by atomic mass is 10.1. The average Bonchev–Trinajstić information content (AvgIpc) is 2.92. The molecule has 0 aliphatic heterocycles. The third-order valence-electron chi connectivity index (χ3n) is 4.08. The molecule has 5 heteroatoms. The second kappa shape index (κ2) is 7.25. The second-order valence-electron chi connectivity index (χ2n) is 5.54. The molecule has 1 unspecified atom stereocenters. The Balaban J connectivity index is 2.39. The molecular weight excluding hydrogens is 307 g/mol. The largest absolute Gasteiger partial charge is 0.448 e. The van der Waals surface area contributed by atoms with Gasteiger partial charge in [-0.15, -0.1) is 0 Å². The van der Waals surface area contributed by atoms with Gasteiger partial charge < -0.3 is 9.32 Å². The van der Waals surface area contributed by atoms with E-state index in [1.54, 1.807) is 32.2 Å². The molecule has 0 saturated heterocycles. The number of carbonyl (C=O) groups is 1. The summed E-state index contributed by atoms with van der Waals surface area (Å²) in [6.07, 6.45) is 5.50. The first-order valence-electron chi connectivity index (χ1n) is 7.66. The van der Waals surface area contributed by atoms with Gasteiger partial charge in [0.25, 0.3) is 5.91 Å². The van der Waals surface area contributed by atoms with Gasteiger partial charge in [-0.2, -0.15) is 0 Å². The Bertz CT molecular complexity index is 833. The molecule has 1 heterocycles. The summed E-state index contributed by atoms with van der Waals surface area (Å²) in [6.45, 7) is 9.04. The van der Waals surface area contributed by atoms with Crippen molar-refractivity contribution in [3.8, 4) is 0 Å². The van der Waals surface area contributed by atoms with E-state index in [2.05, 4.69) is 11.7 Å². The first-order valence-corrected chi connectivity index (χ1v) is 7.66. The molecule has 0 radical (unpaired) electrons. The van der Waals surface area contributed by atoms with E-state index in [0.717, 1.165) is 0 Å². The molecule has 0 N–H and O–H groups in total. The van der Waals surface area contributed by atoms with Gasteiger partial charge in [0.1, 0.15) is 0 Å². The van der Waals surface area contributed by atoms with Gasteiger partial charge in [-0.05, 0) is 39.6 Å². The smallest absolute Gasteiger partial charge is 0.290 e. The zero-order valence-corrected chi connectivity index (χ0v) is 14.3. The molecule has 1 aromatic carbocycles. The first-order chi connectivity index (χ1) is 11.4. The molecule has 24 heavy (non-hydrogen) atoms. The van der Waals surface area contributed by atoms with Crippen LogP contribution in [0.15, 0.2) is 51.5 Å². The summed E-state index contributed by atoms with van der Waals surface area (Å²) in [5, 5.41) is 0.603. The Hall–Kier alpha value is -2.69. The van der Waals surface area contributed by atoms with Crippen molar-refractivity contribution in [1.82, 2.24) is 4.90 Å². The number of aliphatic imine (C=N–C) groups is 1. The molecule has 1 aromatic heterocycles. The van der Waals surface area contributed by atoms with Crippen LogP contribution in [0.25, 0.3) is 11.0 Å². The van der Waals surface area contributed by atoms with Gasteiger partial charge in [-0.1, -0.05) is 24.3 Å². The van der Waals surface area contributed by atoms with E-state index in [1.165, 1.54) is 11.0 Å². The molecule has 126 valence electrons. The SMILES string of the molecule is C=NC(=CC=CC)C(C)N(C)C(=O)c1oc2c(F)cccc2c1C.